The van der Waals surface area contributed by atoms with Gasteiger partial charge in [0.2, 0.25) is 0 Å². The fraction of sp³-hybridized carbons (Fsp3) is 0.579. The third-order valence-electron chi connectivity index (χ3n) is 6.07. The fourth-order valence-corrected chi connectivity index (χ4v) is 6.28. The van der Waals surface area contributed by atoms with Gasteiger partial charge in [-0.05, 0) is 50.2 Å². The van der Waals surface area contributed by atoms with E-state index < -0.39 is 10.0 Å². The minimum Gasteiger partial charge on any atom is -0.357 e. The molecule has 2 aliphatic heterocycles. The van der Waals surface area contributed by atoms with Crippen molar-refractivity contribution in [2.75, 3.05) is 0 Å². The Balaban J connectivity index is 1.68. The molecule has 0 amide bonds. The normalized spacial score (nSPS) is 35.1. The number of epoxide rings is 1. The number of ether oxygens (including phenoxy) is 1. The molecule has 0 aromatic heterocycles. The Bertz CT molecular complexity index is 783. The van der Waals surface area contributed by atoms with Gasteiger partial charge in [-0.25, -0.2) is 8.42 Å². The predicted molar refractivity (Wildman–Crippen MR) is 92.9 cm³/mol. The van der Waals surface area contributed by atoms with Gasteiger partial charge in [0.15, 0.2) is 0 Å². The zero-order valence-corrected chi connectivity index (χ0v) is 15.3. The Morgan fingerprint density at radius 3 is 2.54 bits per heavy atom. The Hall–Kier alpha value is -1.33. The highest BCUT2D eigenvalue weighted by Crippen LogP contribution is 2.62. The van der Waals surface area contributed by atoms with Gasteiger partial charge in [-0.1, -0.05) is 38.1 Å². The molecule has 0 N–H and O–H groups in total. The van der Waals surface area contributed by atoms with E-state index in [1.54, 1.807) is 16.4 Å². The minimum atomic E-state index is -3.57. The van der Waals surface area contributed by atoms with Crippen LogP contribution in [0.15, 0.2) is 41.4 Å². The number of aryl methyl sites for hydroxylation is 1. The molecule has 3 aliphatic rings. The first kappa shape index (κ1) is 16.2. The lowest BCUT2D eigenvalue weighted by atomic mass is 9.73. The van der Waals surface area contributed by atoms with Crippen molar-refractivity contribution >= 4 is 10.0 Å². The standard InChI is InChI=1S/C19H25NO3S/c1-12(2)15-7-10-17-19(11-15)18(23-19)14(4)20(17)24(21,22)16-8-5-13(3)6-9-16/h5-6,8-9,12,15,17-18H,4,7,10-11H2,1-3H3/t15-,17+,18-,19+/m0/s1. The predicted octanol–water partition coefficient (Wildman–Crippen LogP) is 3.48. The van der Waals surface area contributed by atoms with E-state index in [9.17, 15) is 8.42 Å². The highest BCUT2D eigenvalue weighted by atomic mass is 32.2. The van der Waals surface area contributed by atoms with Crippen molar-refractivity contribution in [3.05, 3.63) is 42.1 Å². The highest BCUT2D eigenvalue weighted by molar-refractivity contribution is 7.89. The molecule has 0 radical (unpaired) electrons. The monoisotopic (exact) mass is 347 g/mol. The van der Waals surface area contributed by atoms with Crippen LogP contribution < -0.4 is 0 Å². The Labute approximate surface area is 144 Å². The number of morpholine rings is 1. The molecule has 1 saturated carbocycles. The smallest absolute Gasteiger partial charge is 0.264 e. The van der Waals surface area contributed by atoms with Crippen molar-refractivity contribution < 1.29 is 13.2 Å². The Morgan fingerprint density at radius 2 is 1.92 bits per heavy atom. The van der Waals surface area contributed by atoms with Crippen LogP contribution in [-0.4, -0.2) is 30.5 Å². The first-order valence-electron chi connectivity index (χ1n) is 8.75. The van der Waals surface area contributed by atoms with Crippen molar-refractivity contribution in [3.8, 4) is 0 Å². The van der Waals surface area contributed by atoms with Crippen LogP contribution in [0.1, 0.15) is 38.7 Å². The van der Waals surface area contributed by atoms with Gasteiger partial charge in [0.05, 0.1) is 16.6 Å². The van der Waals surface area contributed by atoms with Crippen LogP contribution in [0.4, 0.5) is 0 Å². The van der Waals surface area contributed by atoms with Gasteiger partial charge in [-0.2, -0.15) is 0 Å². The topological polar surface area (TPSA) is 49.9 Å². The number of hydrogen-bond donors (Lipinski definition) is 0. The number of nitrogens with zero attached hydrogens (tertiary/aromatic N) is 1. The molecule has 4 rings (SSSR count). The summed E-state index contributed by atoms with van der Waals surface area (Å²) >= 11 is 0. The van der Waals surface area contributed by atoms with E-state index in [0.717, 1.165) is 24.8 Å². The van der Waals surface area contributed by atoms with Gasteiger partial charge in [0, 0.05) is 0 Å². The molecule has 1 aromatic rings. The molecule has 4 nitrogen and oxygen atoms in total. The fourth-order valence-electron chi connectivity index (χ4n) is 4.55. The van der Waals surface area contributed by atoms with E-state index in [2.05, 4.69) is 20.4 Å². The van der Waals surface area contributed by atoms with Crippen molar-refractivity contribution in [1.82, 2.24) is 4.31 Å². The second-order valence-corrected chi connectivity index (χ2v) is 9.67. The van der Waals surface area contributed by atoms with E-state index in [-0.39, 0.29) is 17.7 Å². The molecule has 2 saturated heterocycles. The first-order chi connectivity index (χ1) is 11.3. The molecule has 130 valence electrons. The molecule has 1 spiro atoms. The summed E-state index contributed by atoms with van der Waals surface area (Å²) in [6.07, 6.45) is 2.72. The average molecular weight is 347 g/mol. The number of hydrogen-bond acceptors (Lipinski definition) is 3. The molecule has 0 bridgehead atoms. The summed E-state index contributed by atoms with van der Waals surface area (Å²) in [7, 11) is -3.57. The Kier molecular flexibility index (Phi) is 3.42. The molecule has 0 unspecified atom stereocenters. The van der Waals surface area contributed by atoms with E-state index in [1.165, 1.54) is 0 Å². The molecule has 1 aromatic carbocycles. The molecule has 4 atom stereocenters. The summed E-state index contributed by atoms with van der Waals surface area (Å²) in [6, 6.07) is 6.96. The molecule has 2 heterocycles. The average Bonchev–Trinajstić information content (AvgIpc) is 3.17. The van der Waals surface area contributed by atoms with Crippen LogP contribution >= 0.6 is 0 Å². The Morgan fingerprint density at radius 1 is 1.25 bits per heavy atom. The number of rotatable bonds is 3. The van der Waals surface area contributed by atoms with Crippen LogP contribution in [-0.2, 0) is 14.8 Å². The SMILES string of the molecule is C=C1[C@@H]2O[C@@]23C[C@@H](C(C)C)CC[C@H]3N1S(=O)(=O)c1ccc(C)cc1. The second kappa shape index (κ2) is 5.09. The molecule has 1 aliphatic carbocycles. The van der Waals surface area contributed by atoms with Gasteiger partial charge in [0.25, 0.3) is 10.0 Å². The summed E-state index contributed by atoms with van der Waals surface area (Å²) in [6.45, 7) is 10.5. The molecular formula is C19H25NO3S. The minimum absolute atomic E-state index is 0.101. The summed E-state index contributed by atoms with van der Waals surface area (Å²) < 4.78 is 34.0. The largest absolute Gasteiger partial charge is 0.357 e. The summed E-state index contributed by atoms with van der Waals surface area (Å²) in [5.74, 6) is 1.20. The van der Waals surface area contributed by atoms with Gasteiger partial charge in [-0.15, -0.1) is 0 Å². The van der Waals surface area contributed by atoms with Crippen LogP contribution in [0.3, 0.4) is 0 Å². The zero-order valence-electron chi connectivity index (χ0n) is 14.5. The quantitative estimate of drug-likeness (QED) is 0.787. The zero-order chi connectivity index (χ0) is 17.3. The summed E-state index contributed by atoms with van der Waals surface area (Å²) in [4.78, 5) is 0.344. The number of sulfonamides is 1. The molecule has 3 fully saturated rings. The maximum Gasteiger partial charge on any atom is 0.264 e. The van der Waals surface area contributed by atoms with Crippen LogP contribution in [0.5, 0.6) is 0 Å². The maximum absolute atomic E-state index is 13.2. The van der Waals surface area contributed by atoms with Crippen molar-refractivity contribution in [2.24, 2.45) is 11.8 Å². The lowest BCUT2D eigenvalue weighted by Crippen LogP contribution is -2.47. The number of benzene rings is 1. The van der Waals surface area contributed by atoms with Crippen LogP contribution in [0.2, 0.25) is 0 Å². The van der Waals surface area contributed by atoms with Gasteiger partial charge >= 0.3 is 0 Å². The van der Waals surface area contributed by atoms with Crippen molar-refractivity contribution in [2.45, 2.75) is 62.7 Å². The molecule has 24 heavy (non-hydrogen) atoms. The summed E-state index contributed by atoms with van der Waals surface area (Å²) in [5.41, 5.74) is 1.35. The third kappa shape index (κ3) is 2.10. The lowest BCUT2D eigenvalue weighted by Gasteiger charge is -2.39. The van der Waals surface area contributed by atoms with E-state index in [1.807, 2.05) is 19.1 Å². The molecular weight excluding hydrogens is 322 g/mol. The lowest BCUT2D eigenvalue weighted by molar-refractivity contribution is 0.0912. The van der Waals surface area contributed by atoms with Crippen LogP contribution in [0.25, 0.3) is 0 Å². The summed E-state index contributed by atoms with van der Waals surface area (Å²) in [5, 5.41) is 0. The van der Waals surface area contributed by atoms with E-state index >= 15 is 0 Å². The van der Waals surface area contributed by atoms with Crippen LogP contribution in [0, 0.1) is 18.8 Å². The van der Waals surface area contributed by atoms with Gasteiger partial charge < -0.3 is 4.74 Å². The van der Waals surface area contributed by atoms with Crippen molar-refractivity contribution in [3.63, 3.8) is 0 Å². The third-order valence-corrected chi connectivity index (χ3v) is 7.94. The van der Waals surface area contributed by atoms with Gasteiger partial charge in [0.1, 0.15) is 11.7 Å². The molecule has 5 heteroatoms. The van der Waals surface area contributed by atoms with E-state index in [4.69, 9.17) is 4.74 Å². The first-order valence-corrected chi connectivity index (χ1v) is 10.2. The maximum atomic E-state index is 13.2. The van der Waals surface area contributed by atoms with E-state index in [0.29, 0.717) is 22.4 Å². The van der Waals surface area contributed by atoms with Crippen molar-refractivity contribution in [1.29, 1.82) is 0 Å². The van der Waals surface area contributed by atoms with Gasteiger partial charge in [-0.3, -0.25) is 4.31 Å². The highest BCUT2D eigenvalue weighted by Gasteiger charge is 2.73. The second-order valence-electron chi connectivity index (χ2n) is 7.86.